The van der Waals surface area contributed by atoms with Gasteiger partial charge < -0.3 is 15.2 Å². The second kappa shape index (κ2) is 4.49. The van der Waals surface area contributed by atoms with E-state index in [1.54, 1.807) is 12.1 Å². The highest BCUT2D eigenvalue weighted by molar-refractivity contribution is 5.76. The molecule has 0 aliphatic carbocycles. The zero-order valence-electron chi connectivity index (χ0n) is 8.61. The molecular formula is C11H12FNO3. The fourth-order valence-corrected chi connectivity index (χ4v) is 1.57. The molecule has 2 rings (SSSR count). The Kier molecular flexibility index (Phi) is 3.05. The lowest BCUT2D eigenvalue weighted by Crippen LogP contribution is -2.23. The number of para-hydroxylation sites is 1. The number of esters is 1. The molecule has 1 atom stereocenters. The molecule has 0 aromatic heterocycles. The van der Waals surface area contributed by atoms with Crippen LogP contribution in [-0.4, -0.2) is 18.7 Å². The van der Waals surface area contributed by atoms with Crippen LogP contribution in [0.25, 0.3) is 0 Å². The second-order valence-corrected chi connectivity index (χ2v) is 3.49. The molecule has 1 aliphatic rings. The summed E-state index contributed by atoms with van der Waals surface area (Å²) in [5.41, 5.74) is 6.01. The smallest absolute Gasteiger partial charge is 0.347 e. The zero-order chi connectivity index (χ0) is 11.5. The first-order valence-corrected chi connectivity index (χ1v) is 5.03. The maximum absolute atomic E-state index is 13.5. The van der Waals surface area contributed by atoms with Crippen LogP contribution in [0.4, 0.5) is 4.39 Å². The molecule has 1 aromatic rings. The van der Waals surface area contributed by atoms with E-state index in [9.17, 15) is 9.18 Å². The second-order valence-electron chi connectivity index (χ2n) is 3.49. The molecular weight excluding hydrogens is 213 g/mol. The van der Waals surface area contributed by atoms with Crippen molar-refractivity contribution in [1.82, 2.24) is 0 Å². The van der Waals surface area contributed by atoms with Gasteiger partial charge in [-0.2, -0.15) is 0 Å². The minimum absolute atomic E-state index is 0.0499. The molecule has 1 unspecified atom stereocenters. The molecule has 0 spiro atoms. The number of ether oxygens (including phenoxy) is 2. The molecule has 1 fully saturated rings. The number of carbonyl (C=O) groups is 1. The summed E-state index contributed by atoms with van der Waals surface area (Å²) < 4.78 is 23.5. The van der Waals surface area contributed by atoms with E-state index in [2.05, 4.69) is 0 Å². The van der Waals surface area contributed by atoms with Crippen LogP contribution in [0, 0.1) is 5.82 Å². The van der Waals surface area contributed by atoms with Crippen LogP contribution in [0.2, 0.25) is 0 Å². The van der Waals surface area contributed by atoms with Gasteiger partial charge in [0.05, 0.1) is 6.61 Å². The summed E-state index contributed by atoms with van der Waals surface area (Å²) in [6.07, 6.45) is -0.279. The van der Waals surface area contributed by atoms with E-state index in [0.29, 0.717) is 18.6 Å². The summed E-state index contributed by atoms with van der Waals surface area (Å²) in [6, 6.07) is 4.49. The Balaban J connectivity index is 2.22. The maximum Gasteiger partial charge on any atom is 0.347 e. The number of carbonyl (C=O) groups excluding carboxylic acids is 1. The Morgan fingerprint density at radius 3 is 3.00 bits per heavy atom. The highest BCUT2D eigenvalue weighted by Gasteiger charge is 2.29. The predicted molar refractivity (Wildman–Crippen MR) is 54.3 cm³/mol. The third-order valence-electron chi connectivity index (χ3n) is 2.42. The van der Waals surface area contributed by atoms with E-state index in [1.807, 2.05) is 0 Å². The van der Waals surface area contributed by atoms with Crippen LogP contribution >= 0.6 is 0 Å². The molecule has 1 saturated heterocycles. The number of hydrogen-bond acceptors (Lipinski definition) is 4. The number of cyclic esters (lactones) is 1. The van der Waals surface area contributed by atoms with Crippen LogP contribution in [0.1, 0.15) is 12.0 Å². The van der Waals surface area contributed by atoms with Crippen molar-refractivity contribution in [1.29, 1.82) is 0 Å². The number of benzene rings is 1. The lowest BCUT2D eigenvalue weighted by molar-refractivity contribution is -0.143. The van der Waals surface area contributed by atoms with Crippen molar-refractivity contribution in [3.8, 4) is 5.75 Å². The minimum Gasteiger partial charge on any atom is -0.475 e. The number of rotatable bonds is 3. The Morgan fingerprint density at radius 2 is 2.38 bits per heavy atom. The zero-order valence-corrected chi connectivity index (χ0v) is 8.61. The summed E-state index contributed by atoms with van der Waals surface area (Å²) in [6.45, 7) is 0.477. The number of hydrogen-bond donors (Lipinski definition) is 1. The predicted octanol–water partition coefficient (Wildman–Crippen LogP) is 0.979. The Labute approximate surface area is 92.1 Å². The van der Waals surface area contributed by atoms with Gasteiger partial charge in [0.25, 0.3) is 0 Å². The molecule has 16 heavy (non-hydrogen) atoms. The van der Waals surface area contributed by atoms with Gasteiger partial charge in [-0.25, -0.2) is 9.18 Å². The van der Waals surface area contributed by atoms with Crippen LogP contribution in [0.3, 0.4) is 0 Å². The molecule has 1 aromatic carbocycles. The molecule has 0 bridgehead atoms. The quantitative estimate of drug-likeness (QED) is 0.779. The summed E-state index contributed by atoms with van der Waals surface area (Å²) in [5, 5.41) is 0. The van der Waals surface area contributed by atoms with Crippen molar-refractivity contribution in [2.75, 3.05) is 6.61 Å². The van der Waals surface area contributed by atoms with Gasteiger partial charge in [0, 0.05) is 18.5 Å². The van der Waals surface area contributed by atoms with Gasteiger partial charge in [-0.15, -0.1) is 0 Å². The summed E-state index contributed by atoms with van der Waals surface area (Å²) in [4.78, 5) is 11.2. The SMILES string of the molecule is NCc1cccc(F)c1OC1CCOC1=O. The van der Waals surface area contributed by atoms with E-state index >= 15 is 0 Å². The third-order valence-corrected chi connectivity index (χ3v) is 2.42. The molecule has 2 N–H and O–H groups in total. The van der Waals surface area contributed by atoms with E-state index in [-0.39, 0.29) is 12.3 Å². The molecule has 1 aliphatic heterocycles. The van der Waals surface area contributed by atoms with Gasteiger partial charge in [0.1, 0.15) is 0 Å². The summed E-state index contributed by atoms with van der Waals surface area (Å²) >= 11 is 0. The largest absolute Gasteiger partial charge is 0.475 e. The highest BCUT2D eigenvalue weighted by Crippen LogP contribution is 2.25. The van der Waals surface area contributed by atoms with E-state index < -0.39 is 17.9 Å². The van der Waals surface area contributed by atoms with Crippen molar-refractivity contribution in [2.24, 2.45) is 5.73 Å². The van der Waals surface area contributed by atoms with Gasteiger partial charge in [-0.1, -0.05) is 12.1 Å². The fourth-order valence-electron chi connectivity index (χ4n) is 1.57. The molecule has 5 heteroatoms. The topological polar surface area (TPSA) is 61.6 Å². The first-order valence-electron chi connectivity index (χ1n) is 5.03. The average Bonchev–Trinajstić information content (AvgIpc) is 2.67. The first kappa shape index (κ1) is 10.9. The standard InChI is InChI=1S/C11H12FNO3/c12-8-3-1-2-7(6-13)10(8)16-9-4-5-15-11(9)14/h1-3,9H,4-6,13H2. The Bertz CT molecular complexity index is 408. The lowest BCUT2D eigenvalue weighted by atomic mass is 10.2. The molecule has 86 valence electrons. The molecule has 0 radical (unpaired) electrons. The monoisotopic (exact) mass is 225 g/mol. The van der Waals surface area contributed by atoms with Crippen LogP contribution in [0.15, 0.2) is 18.2 Å². The maximum atomic E-state index is 13.5. The van der Waals surface area contributed by atoms with Crippen molar-refractivity contribution >= 4 is 5.97 Å². The average molecular weight is 225 g/mol. The molecule has 1 heterocycles. The molecule has 0 saturated carbocycles. The summed E-state index contributed by atoms with van der Waals surface area (Å²) in [7, 11) is 0. The minimum atomic E-state index is -0.720. The van der Waals surface area contributed by atoms with Crippen LogP contribution in [-0.2, 0) is 16.1 Å². The fraction of sp³-hybridized carbons (Fsp3) is 0.364. The van der Waals surface area contributed by atoms with Crippen molar-refractivity contribution < 1.29 is 18.7 Å². The summed E-state index contributed by atoms with van der Waals surface area (Å²) in [5.74, 6) is -0.914. The first-order chi connectivity index (χ1) is 7.72. The van der Waals surface area contributed by atoms with Crippen LogP contribution in [0.5, 0.6) is 5.75 Å². The van der Waals surface area contributed by atoms with Crippen molar-refractivity contribution in [2.45, 2.75) is 19.1 Å². The van der Waals surface area contributed by atoms with E-state index in [1.165, 1.54) is 6.07 Å². The van der Waals surface area contributed by atoms with Crippen molar-refractivity contribution in [3.63, 3.8) is 0 Å². The van der Waals surface area contributed by atoms with E-state index in [0.717, 1.165) is 0 Å². The lowest BCUT2D eigenvalue weighted by Gasteiger charge is -2.13. The third kappa shape index (κ3) is 1.99. The Morgan fingerprint density at radius 1 is 1.56 bits per heavy atom. The van der Waals surface area contributed by atoms with Gasteiger partial charge in [-0.3, -0.25) is 0 Å². The number of nitrogens with two attached hydrogens (primary N) is 1. The van der Waals surface area contributed by atoms with Gasteiger partial charge in [0.15, 0.2) is 17.7 Å². The Hall–Kier alpha value is -1.62. The van der Waals surface area contributed by atoms with Crippen LogP contribution < -0.4 is 10.5 Å². The molecule has 0 amide bonds. The van der Waals surface area contributed by atoms with Gasteiger partial charge in [0.2, 0.25) is 0 Å². The normalized spacial score (nSPS) is 19.6. The highest BCUT2D eigenvalue weighted by atomic mass is 19.1. The number of halogens is 1. The van der Waals surface area contributed by atoms with E-state index in [4.69, 9.17) is 15.2 Å². The van der Waals surface area contributed by atoms with Gasteiger partial charge in [-0.05, 0) is 6.07 Å². The van der Waals surface area contributed by atoms with Crippen molar-refractivity contribution in [3.05, 3.63) is 29.6 Å². The van der Waals surface area contributed by atoms with Gasteiger partial charge >= 0.3 is 5.97 Å². The molecule has 4 nitrogen and oxygen atoms in total.